The van der Waals surface area contributed by atoms with Gasteiger partial charge in [-0.25, -0.2) is 0 Å². The van der Waals surface area contributed by atoms with Crippen molar-refractivity contribution in [3.8, 4) is 11.1 Å². The highest BCUT2D eigenvalue weighted by Gasteiger charge is 2.10. The van der Waals surface area contributed by atoms with Crippen molar-refractivity contribution in [1.29, 1.82) is 0 Å². The molecule has 2 aromatic carbocycles. The summed E-state index contributed by atoms with van der Waals surface area (Å²) in [5, 5.41) is 0.958. The molecule has 3 heteroatoms. The zero-order valence-corrected chi connectivity index (χ0v) is 10.4. The molecule has 0 fully saturated rings. The first-order valence-electron chi connectivity index (χ1n) is 5.67. The fourth-order valence-corrected chi connectivity index (χ4v) is 2.52. The first kappa shape index (κ1) is 11.1. The number of pyridine rings is 1. The van der Waals surface area contributed by atoms with Crippen LogP contribution < -0.4 is 5.56 Å². The molecule has 0 aliphatic rings. The van der Waals surface area contributed by atoms with Crippen LogP contribution in [0.1, 0.15) is 0 Å². The third kappa shape index (κ3) is 1.73. The average Bonchev–Trinajstić information content (AvgIpc) is 2.40. The predicted molar refractivity (Wildman–Crippen MR) is 77.3 cm³/mol. The van der Waals surface area contributed by atoms with E-state index in [-0.39, 0.29) is 5.56 Å². The lowest BCUT2D eigenvalue weighted by molar-refractivity contribution is 1.26. The van der Waals surface area contributed by atoms with E-state index in [1.165, 1.54) is 0 Å². The van der Waals surface area contributed by atoms with Gasteiger partial charge >= 0.3 is 0 Å². The summed E-state index contributed by atoms with van der Waals surface area (Å²) in [6.07, 6.45) is 0. The highest BCUT2D eigenvalue weighted by atomic mass is 32.1. The van der Waals surface area contributed by atoms with Crippen LogP contribution >= 0.6 is 12.6 Å². The molecule has 0 radical (unpaired) electrons. The summed E-state index contributed by atoms with van der Waals surface area (Å²) in [5.41, 5.74) is 2.21. The maximum absolute atomic E-state index is 12.2. The summed E-state index contributed by atoms with van der Waals surface area (Å²) >= 11 is 4.52. The van der Waals surface area contributed by atoms with Crippen molar-refractivity contribution in [2.75, 3.05) is 0 Å². The van der Waals surface area contributed by atoms with Gasteiger partial charge in [-0.05, 0) is 11.6 Å². The van der Waals surface area contributed by atoms with Crippen molar-refractivity contribution in [3.63, 3.8) is 0 Å². The molecule has 3 aromatic rings. The van der Waals surface area contributed by atoms with E-state index in [1.54, 1.807) is 0 Å². The number of aromatic amines is 1. The SMILES string of the molecule is O=c1[nH]c2ccccc2c(S)c1-c1ccccc1. The maximum atomic E-state index is 12.2. The third-order valence-electron chi connectivity index (χ3n) is 2.96. The summed E-state index contributed by atoms with van der Waals surface area (Å²) < 4.78 is 0. The fraction of sp³-hybridized carbons (Fsp3) is 0. The van der Waals surface area contributed by atoms with Gasteiger partial charge in [-0.15, -0.1) is 12.6 Å². The molecule has 88 valence electrons. The van der Waals surface area contributed by atoms with Crippen LogP contribution in [-0.4, -0.2) is 4.98 Å². The van der Waals surface area contributed by atoms with Crippen LogP contribution in [0, 0.1) is 0 Å². The van der Waals surface area contributed by atoms with Crippen molar-refractivity contribution in [1.82, 2.24) is 4.98 Å². The highest BCUT2D eigenvalue weighted by molar-refractivity contribution is 7.80. The molecular formula is C15H11NOS. The van der Waals surface area contributed by atoms with E-state index in [4.69, 9.17) is 0 Å². The summed E-state index contributed by atoms with van der Waals surface area (Å²) in [7, 11) is 0. The lowest BCUT2D eigenvalue weighted by Gasteiger charge is -2.07. The van der Waals surface area contributed by atoms with Gasteiger partial charge in [-0.1, -0.05) is 48.5 Å². The quantitative estimate of drug-likeness (QED) is 0.639. The molecule has 2 nitrogen and oxygen atoms in total. The van der Waals surface area contributed by atoms with Gasteiger partial charge in [0.15, 0.2) is 0 Å². The van der Waals surface area contributed by atoms with Gasteiger partial charge in [0, 0.05) is 15.8 Å². The first-order valence-corrected chi connectivity index (χ1v) is 6.11. The molecule has 0 spiro atoms. The predicted octanol–water partition coefficient (Wildman–Crippen LogP) is 3.48. The van der Waals surface area contributed by atoms with Gasteiger partial charge in [0.05, 0.1) is 5.56 Å². The number of nitrogens with one attached hydrogen (secondary N) is 1. The zero-order chi connectivity index (χ0) is 12.5. The molecule has 0 unspecified atom stereocenters. The highest BCUT2D eigenvalue weighted by Crippen LogP contribution is 2.28. The van der Waals surface area contributed by atoms with Crippen LogP contribution in [0.3, 0.4) is 0 Å². The van der Waals surface area contributed by atoms with Gasteiger partial charge in [0.1, 0.15) is 0 Å². The van der Waals surface area contributed by atoms with Crippen molar-refractivity contribution >= 4 is 23.5 Å². The first-order chi connectivity index (χ1) is 8.77. The normalized spacial score (nSPS) is 10.7. The lowest BCUT2D eigenvalue weighted by Crippen LogP contribution is -2.10. The molecule has 1 N–H and O–H groups in total. The molecule has 3 rings (SSSR count). The van der Waals surface area contributed by atoms with E-state index in [9.17, 15) is 4.79 Å². The van der Waals surface area contributed by atoms with Crippen LogP contribution in [0.5, 0.6) is 0 Å². The molecule has 0 amide bonds. The number of H-pyrrole nitrogens is 1. The number of para-hydroxylation sites is 1. The molecule has 0 bridgehead atoms. The van der Waals surface area contributed by atoms with E-state index in [0.717, 1.165) is 21.4 Å². The Morgan fingerprint density at radius 2 is 1.56 bits per heavy atom. The largest absolute Gasteiger partial charge is 0.321 e. The Hall–Kier alpha value is -2.00. The van der Waals surface area contributed by atoms with Gasteiger partial charge in [-0.3, -0.25) is 4.79 Å². The number of benzene rings is 2. The Bertz CT molecular complexity index is 762. The van der Waals surface area contributed by atoms with E-state index in [2.05, 4.69) is 17.6 Å². The number of thiol groups is 1. The molecule has 1 heterocycles. The molecule has 0 aliphatic heterocycles. The topological polar surface area (TPSA) is 32.9 Å². The van der Waals surface area contributed by atoms with Crippen molar-refractivity contribution < 1.29 is 0 Å². The summed E-state index contributed by atoms with van der Waals surface area (Å²) in [6.45, 7) is 0. The van der Waals surface area contributed by atoms with E-state index >= 15 is 0 Å². The molecule has 0 saturated heterocycles. The smallest absolute Gasteiger partial charge is 0.257 e. The fourth-order valence-electron chi connectivity index (χ4n) is 2.10. The summed E-state index contributed by atoms with van der Waals surface area (Å²) in [5.74, 6) is 0. The van der Waals surface area contributed by atoms with Crippen LogP contribution in [-0.2, 0) is 0 Å². The monoisotopic (exact) mass is 253 g/mol. The van der Waals surface area contributed by atoms with E-state index < -0.39 is 0 Å². The van der Waals surface area contributed by atoms with E-state index in [1.807, 2.05) is 54.6 Å². The Morgan fingerprint density at radius 1 is 0.889 bits per heavy atom. The van der Waals surface area contributed by atoms with Crippen LogP contribution in [0.2, 0.25) is 0 Å². The number of hydrogen-bond donors (Lipinski definition) is 2. The Kier molecular flexibility index (Phi) is 2.68. The minimum absolute atomic E-state index is 0.107. The second kappa shape index (κ2) is 4.35. The molecule has 1 aromatic heterocycles. The summed E-state index contributed by atoms with van der Waals surface area (Å²) in [6, 6.07) is 17.3. The van der Waals surface area contributed by atoms with Gasteiger partial charge in [0.25, 0.3) is 5.56 Å². The van der Waals surface area contributed by atoms with Crippen LogP contribution in [0.25, 0.3) is 22.0 Å². The minimum atomic E-state index is -0.107. The minimum Gasteiger partial charge on any atom is -0.321 e. The van der Waals surface area contributed by atoms with Crippen LogP contribution in [0.15, 0.2) is 64.3 Å². The average molecular weight is 253 g/mol. The summed E-state index contributed by atoms with van der Waals surface area (Å²) in [4.78, 5) is 15.8. The van der Waals surface area contributed by atoms with Crippen LogP contribution in [0.4, 0.5) is 0 Å². The molecule has 0 aliphatic carbocycles. The second-order valence-corrected chi connectivity index (χ2v) is 4.54. The Morgan fingerprint density at radius 3 is 2.33 bits per heavy atom. The molecular weight excluding hydrogens is 242 g/mol. The van der Waals surface area contributed by atoms with Crippen molar-refractivity contribution in [2.24, 2.45) is 0 Å². The van der Waals surface area contributed by atoms with Gasteiger partial charge in [-0.2, -0.15) is 0 Å². The lowest BCUT2D eigenvalue weighted by atomic mass is 10.1. The number of aromatic nitrogens is 1. The van der Waals surface area contributed by atoms with Crippen molar-refractivity contribution in [3.05, 3.63) is 65.0 Å². The maximum Gasteiger partial charge on any atom is 0.257 e. The van der Waals surface area contributed by atoms with E-state index in [0.29, 0.717) is 5.56 Å². The Balaban J connectivity index is 2.41. The number of hydrogen-bond acceptors (Lipinski definition) is 2. The standard InChI is InChI=1S/C15H11NOS/c17-15-13(10-6-2-1-3-7-10)14(18)11-8-4-5-9-12(11)16-15/h1-9H,(H2,16,17,18). The molecule has 18 heavy (non-hydrogen) atoms. The van der Waals surface area contributed by atoms with Gasteiger partial charge < -0.3 is 4.98 Å². The number of rotatable bonds is 1. The Labute approximate surface area is 110 Å². The van der Waals surface area contributed by atoms with Gasteiger partial charge in [0.2, 0.25) is 0 Å². The third-order valence-corrected chi connectivity index (χ3v) is 3.42. The number of fused-ring (bicyclic) bond motifs is 1. The zero-order valence-electron chi connectivity index (χ0n) is 9.55. The molecule has 0 atom stereocenters. The molecule has 0 saturated carbocycles. The second-order valence-electron chi connectivity index (χ2n) is 4.09. The van der Waals surface area contributed by atoms with Crippen molar-refractivity contribution in [2.45, 2.75) is 4.90 Å².